The van der Waals surface area contributed by atoms with Gasteiger partial charge in [0, 0.05) is 6.04 Å². The highest BCUT2D eigenvalue weighted by Gasteiger charge is 2.11. The summed E-state index contributed by atoms with van der Waals surface area (Å²) in [5.74, 6) is 0.649. The third kappa shape index (κ3) is 4.77. The quantitative estimate of drug-likeness (QED) is 0.774. The minimum Gasteiger partial charge on any atom is -0.388 e. The predicted molar refractivity (Wildman–Crippen MR) is 68.3 cm³/mol. The smallest absolute Gasteiger partial charge is 0.0804 e. The molecule has 0 amide bonds. The summed E-state index contributed by atoms with van der Waals surface area (Å²) in [5, 5.41) is 13.4. The summed E-state index contributed by atoms with van der Waals surface area (Å²) >= 11 is 0. The zero-order valence-electron chi connectivity index (χ0n) is 10.5. The van der Waals surface area contributed by atoms with Gasteiger partial charge in [0.1, 0.15) is 0 Å². The molecule has 2 nitrogen and oxygen atoms in total. The lowest BCUT2D eigenvalue weighted by molar-refractivity contribution is 0.153. The van der Waals surface area contributed by atoms with Crippen LogP contribution in [0.25, 0.3) is 0 Å². The Balaban J connectivity index is 2.36. The van der Waals surface area contributed by atoms with Crippen molar-refractivity contribution in [3.8, 4) is 0 Å². The zero-order valence-corrected chi connectivity index (χ0v) is 10.5. The molecule has 2 N–H and O–H groups in total. The van der Waals surface area contributed by atoms with E-state index >= 15 is 0 Å². The Morgan fingerprint density at radius 1 is 1.12 bits per heavy atom. The van der Waals surface area contributed by atoms with Gasteiger partial charge >= 0.3 is 0 Å². The fourth-order valence-corrected chi connectivity index (χ4v) is 1.67. The molecular weight excluding hydrogens is 198 g/mol. The molecule has 0 fully saturated rings. The summed E-state index contributed by atoms with van der Waals surface area (Å²) in [5.41, 5.74) is 1.00. The second-order valence-corrected chi connectivity index (χ2v) is 4.87. The van der Waals surface area contributed by atoms with Gasteiger partial charge in [0.05, 0.1) is 6.10 Å². The van der Waals surface area contributed by atoms with E-state index in [9.17, 15) is 5.11 Å². The van der Waals surface area contributed by atoms with Crippen molar-refractivity contribution >= 4 is 0 Å². The van der Waals surface area contributed by atoms with Crippen LogP contribution in [0.15, 0.2) is 30.3 Å². The van der Waals surface area contributed by atoms with E-state index in [2.05, 4.69) is 26.1 Å². The number of nitrogens with one attached hydrogen (secondary N) is 1. The van der Waals surface area contributed by atoms with Crippen LogP contribution >= 0.6 is 0 Å². The molecule has 2 heteroatoms. The van der Waals surface area contributed by atoms with E-state index in [4.69, 9.17) is 0 Å². The summed E-state index contributed by atoms with van der Waals surface area (Å²) in [4.78, 5) is 0. The van der Waals surface area contributed by atoms with E-state index in [1.165, 1.54) is 0 Å². The van der Waals surface area contributed by atoms with E-state index in [0.29, 0.717) is 12.0 Å². The summed E-state index contributed by atoms with van der Waals surface area (Å²) in [6.45, 7) is 7.50. The van der Waals surface area contributed by atoms with Crippen molar-refractivity contribution in [1.82, 2.24) is 5.32 Å². The van der Waals surface area contributed by atoms with Gasteiger partial charge in [-0.1, -0.05) is 44.2 Å². The molecule has 0 saturated carbocycles. The Morgan fingerprint density at radius 3 is 2.31 bits per heavy atom. The first-order valence-electron chi connectivity index (χ1n) is 6.06. The Labute approximate surface area is 98.7 Å². The van der Waals surface area contributed by atoms with Gasteiger partial charge in [0.15, 0.2) is 0 Å². The fraction of sp³-hybridized carbons (Fsp3) is 0.571. The summed E-state index contributed by atoms with van der Waals surface area (Å²) in [6, 6.07) is 10.2. The molecule has 0 aliphatic carbocycles. The van der Waals surface area contributed by atoms with Crippen LogP contribution in [0.4, 0.5) is 0 Å². The van der Waals surface area contributed by atoms with Crippen molar-refractivity contribution in [2.24, 2.45) is 5.92 Å². The Kier molecular flexibility index (Phi) is 5.50. The van der Waals surface area contributed by atoms with Gasteiger partial charge in [0.25, 0.3) is 0 Å². The normalized spacial score (nSPS) is 15.1. The second-order valence-electron chi connectivity index (χ2n) is 4.87. The van der Waals surface area contributed by atoms with Gasteiger partial charge < -0.3 is 10.4 Å². The molecule has 2 unspecified atom stereocenters. The van der Waals surface area contributed by atoms with Gasteiger partial charge in [-0.3, -0.25) is 0 Å². The third-order valence-corrected chi connectivity index (χ3v) is 2.64. The Hall–Kier alpha value is -0.860. The van der Waals surface area contributed by atoms with Gasteiger partial charge in [-0.2, -0.15) is 0 Å². The lowest BCUT2D eigenvalue weighted by Crippen LogP contribution is -2.31. The maximum Gasteiger partial charge on any atom is 0.0804 e. The summed E-state index contributed by atoms with van der Waals surface area (Å²) in [6.07, 6.45) is 0.396. The lowest BCUT2D eigenvalue weighted by Gasteiger charge is -2.19. The van der Waals surface area contributed by atoms with Crippen molar-refractivity contribution in [3.63, 3.8) is 0 Å². The average molecular weight is 221 g/mol. The molecule has 0 heterocycles. The first-order valence-corrected chi connectivity index (χ1v) is 6.06. The first kappa shape index (κ1) is 13.2. The molecule has 0 saturated heterocycles. The molecule has 0 bridgehead atoms. The van der Waals surface area contributed by atoms with E-state index in [0.717, 1.165) is 18.5 Å². The van der Waals surface area contributed by atoms with Crippen LogP contribution in [0, 0.1) is 5.92 Å². The molecule has 0 aliphatic heterocycles. The van der Waals surface area contributed by atoms with Crippen LogP contribution < -0.4 is 5.32 Å². The SMILES string of the molecule is CC(C)CNC(C)CC(O)c1ccccc1. The number of rotatable bonds is 6. The van der Waals surface area contributed by atoms with Crippen LogP contribution in [0.2, 0.25) is 0 Å². The summed E-state index contributed by atoms with van der Waals surface area (Å²) in [7, 11) is 0. The van der Waals surface area contributed by atoms with Gasteiger partial charge in [0.2, 0.25) is 0 Å². The van der Waals surface area contributed by atoms with Crippen LogP contribution in [-0.4, -0.2) is 17.7 Å². The number of hydrogen-bond donors (Lipinski definition) is 2. The number of aliphatic hydroxyl groups is 1. The standard InChI is InChI=1S/C14H23NO/c1-11(2)10-15-12(3)9-14(16)13-7-5-4-6-8-13/h4-8,11-12,14-16H,9-10H2,1-3H3. The van der Waals surface area contributed by atoms with Gasteiger partial charge in [-0.15, -0.1) is 0 Å². The van der Waals surface area contributed by atoms with Crippen molar-refractivity contribution < 1.29 is 5.11 Å². The largest absolute Gasteiger partial charge is 0.388 e. The molecule has 1 aromatic carbocycles. The molecule has 16 heavy (non-hydrogen) atoms. The maximum atomic E-state index is 10.0. The topological polar surface area (TPSA) is 32.3 Å². The molecule has 90 valence electrons. The monoisotopic (exact) mass is 221 g/mol. The maximum absolute atomic E-state index is 10.0. The molecule has 0 radical (unpaired) electrons. The van der Waals surface area contributed by atoms with Crippen molar-refractivity contribution in [3.05, 3.63) is 35.9 Å². The van der Waals surface area contributed by atoms with E-state index < -0.39 is 0 Å². The molecule has 2 atom stereocenters. The van der Waals surface area contributed by atoms with E-state index in [1.807, 2.05) is 30.3 Å². The summed E-state index contributed by atoms with van der Waals surface area (Å²) < 4.78 is 0. The lowest BCUT2D eigenvalue weighted by atomic mass is 10.0. The van der Waals surface area contributed by atoms with Gasteiger partial charge in [-0.25, -0.2) is 0 Å². The number of aliphatic hydroxyl groups excluding tert-OH is 1. The van der Waals surface area contributed by atoms with Crippen molar-refractivity contribution in [2.75, 3.05) is 6.54 Å². The van der Waals surface area contributed by atoms with Crippen LogP contribution in [0.3, 0.4) is 0 Å². The van der Waals surface area contributed by atoms with E-state index in [1.54, 1.807) is 0 Å². The third-order valence-electron chi connectivity index (χ3n) is 2.64. The highest BCUT2D eigenvalue weighted by atomic mass is 16.3. The van der Waals surface area contributed by atoms with Crippen molar-refractivity contribution in [2.45, 2.75) is 39.3 Å². The molecule has 0 aromatic heterocycles. The number of hydrogen-bond acceptors (Lipinski definition) is 2. The second kappa shape index (κ2) is 6.66. The predicted octanol–water partition coefficient (Wildman–Crippen LogP) is 2.74. The highest BCUT2D eigenvalue weighted by Crippen LogP contribution is 2.17. The van der Waals surface area contributed by atoms with Crippen molar-refractivity contribution in [1.29, 1.82) is 0 Å². The average Bonchev–Trinajstić information content (AvgIpc) is 2.27. The molecular formula is C14H23NO. The highest BCUT2D eigenvalue weighted by molar-refractivity contribution is 5.17. The van der Waals surface area contributed by atoms with Gasteiger partial charge in [-0.05, 0) is 31.4 Å². The van der Waals surface area contributed by atoms with E-state index in [-0.39, 0.29) is 6.10 Å². The van der Waals surface area contributed by atoms with Crippen LogP contribution in [0.1, 0.15) is 38.9 Å². The minimum absolute atomic E-state index is 0.345. The molecule has 0 spiro atoms. The minimum atomic E-state index is -0.365. The Morgan fingerprint density at radius 2 is 1.75 bits per heavy atom. The Bertz CT molecular complexity index is 284. The first-order chi connectivity index (χ1) is 7.59. The molecule has 1 aromatic rings. The number of benzene rings is 1. The molecule has 0 aliphatic rings. The zero-order chi connectivity index (χ0) is 12.0. The van der Waals surface area contributed by atoms with Crippen LogP contribution in [0.5, 0.6) is 0 Å². The fourth-order valence-electron chi connectivity index (χ4n) is 1.67. The molecule has 1 rings (SSSR count). The van der Waals surface area contributed by atoms with Crippen LogP contribution in [-0.2, 0) is 0 Å².